The van der Waals surface area contributed by atoms with Gasteiger partial charge in [0.05, 0.1) is 39.6 Å². The van der Waals surface area contributed by atoms with Gasteiger partial charge in [0.1, 0.15) is 17.1 Å². The Balaban J connectivity index is 1.81. The Hall–Kier alpha value is -4.29. The van der Waals surface area contributed by atoms with Crippen molar-refractivity contribution >= 4 is 64.3 Å². The summed E-state index contributed by atoms with van der Waals surface area (Å²) in [5.41, 5.74) is 12.0. The lowest BCUT2D eigenvalue weighted by molar-refractivity contribution is -0.114. The van der Waals surface area contributed by atoms with Crippen LogP contribution in [0.1, 0.15) is 6.92 Å². The number of nitrogens with one attached hydrogen (secondary N) is 4. The number of aromatic nitrogens is 4. The molecule has 14 heteroatoms. The molecule has 8 N–H and O–H groups in total. The van der Waals surface area contributed by atoms with E-state index < -0.39 is 11.8 Å². The number of anilines is 2. The lowest BCUT2D eigenvalue weighted by atomic mass is 10.2. The van der Waals surface area contributed by atoms with Crippen LogP contribution in [0.3, 0.4) is 0 Å². The second kappa shape index (κ2) is 10.6. The Kier molecular flexibility index (Phi) is 7.56. The molecule has 0 radical (unpaired) electrons. The number of hydrogen-bond acceptors (Lipinski definition) is 9. The highest BCUT2D eigenvalue weighted by molar-refractivity contribution is 6.40. The van der Waals surface area contributed by atoms with Gasteiger partial charge in [-0.15, -0.1) is 5.10 Å². The van der Waals surface area contributed by atoms with Crippen molar-refractivity contribution in [2.75, 3.05) is 10.6 Å². The fraction of sp³-hybridized carbons (Fsp3) is 0.0500. The molecule has 0 unspecified atom stereocenters. The van der Waals surface area contributed by atoms with Crippen LogP contribution in [0, 0.1) is 5.41 Å². The summed E-state index contributed by atoms with van der Waals surface area (Å²) < 4.78 is 0. The summed E-state index contributed by atoms with van der Waals surface area (Å²) >= 11 is 12.2. The van der Waals surface area contributed by atoms with E-state index >= 15 is 0 Å². The highest BCUT2D eigenvalue weighted by atomic mass is 35.5. The van der Waals surface area contributed by atoms with Crippen LogP contribution in [0.25, 0.3) is 11.5 Å². The predicted molar refractivity (Wildman–Crippen MR) is 130 cm³/mol. The van der Waals surface area contributed by atoms with Gasteiger partial charge in [0.15, 0.2) is 5.82 Å². The minimum atomic E-state index is -0.861. The van der Waals surface area contributed by atoms with Gasteiger partial charge in [0, 0.05) is 0 Å². The van der Waals surface area contributed by atoms with Crippen LogP contribution in [-0.2, 0) is 9.59 Å². The number of aliphatic imine (C=N–C) groups is 1. The molecule has 0 saturated carbocycles. The zero-order valence-electron chi connectivity index (χ0n) is 17.6. The number of para-hydroxylation sites is 1. The Bertz CT molecular complexity index is 1290. The maximum Gasteiger partial charge on any atom is 0.271 e. The van der Waals surface area contributed by atoms with Gasteiger partial charge in [-0.2, -0.15) is 4.98 Å². The monoisotopic (exact) mass is 500 g/mol. The number of nitrogens with two attached hydrogens (primary N) is 2. The number of pyridine rings is 1. The van der Waals surface area contributed by atoms with Gasteiger partial charge < -0.3 is 16.8 Å². The molecule has 174 valence electrons. The normalized spacial score (nSPS) is 11.7. The predicted octanol–water partition coefficient (Wildman–Crippen LogP) is 2.62. The number of allylic oxidation sites excluding steroid dienone is 1. The Labute approximate surface area is 203 Å². The van der Waals surface area contributed by atoms with E-state index in [4.69, 9.17) is 40.1 Å². The molecule has 0 fully saturated rings. The quantitative estimate of drug-likeness (QED) is 0.201. The maximum atomic E-state index is 11.6. The summed E-state index contributed by atoms with van der Waals surface area (Å²) in [5, 5.41) is 19.7. The van der Waals surface area contributed by atoms with Crippen LogP contribution < -0.4 is 22.1 Å². The van der Waals surface area contributed by atoms with Gasteiger partial charge >= 0.3 is 0 Å². The fourth-order valence-corrected chi connectivity index (χ4v) is 2.93. The van der Waals surface area contributed by atoms with E-state index in [2.05, 4.69) is 35.8 Å². The molecule has 3 aromatic rings. The summed E-state index contributed by atoms with van der Waals surface area (Å²) in [6, 6.07) is 8.14. The molecule has 0 aliphatic heterocycles. The third-order valence-corrected chi connectivity index (χ3v) is 4.76. The zero-order valence-corrected chi connectivity index (χ0v) is 19.1. The number of benzene rings is 1. The molecular weight excluding hydrogens is 483 g/mol. The second-order valence-corrected chi connectivity index (χ2v) is 7.48. The Morgan fingerprint density at radius 3 is 2.44 bits per heavy atom. The molecular formula is C20H18Cl2N10O2. The van der Waals surface area contributed by atoms with Crippen LogP contribution in [0.15, 0.2) is 52.9 Å². The van der Waals surface area contributed by atoms with Crippen molar-refractivity contribution < 1.29 is 9.59 Å². The molecule has 0 bridgehead atoms. The van der Waals surface area contributed by atoms with Crippen LogP contribution in [0.2, 0.25) is 10.0 Å². The average molecular weight is 501 g/mol. The van der Waals surface area contributed by atoms with Gasteiger partial charge in [0.2, 0.25) is 5.95 Å². The summed E-state index contributed by atoms with van der Waals surface area (Å²) in [6.45, 7) is 1.34. The lowest BCUT2D eigenvalue weighted by Crippen LogP contribution is -2.25. The molecule has 2 heterocycles. The molecule has 0 aliphatic rings. The van der Waals surface area contributed by atoms with Gasteiger partial charge in [-0.05, 0) is 31.2 Å². The Morgan fingerprint density at radius 1 is 1.15 bits per heavy atom. The van der Waals surface area contributed by atoms with E-state index in [1.807, 2.05) is 0 Å². The first-order valence-corrected chi connectivity index (χ1v) is 10.2. The molecule has 0 aliphatic carbocycles. The minimum absolute atomic E-state index is 0.00416. The van der Waals surface area contributed by atoms with Gasteiger partial charge in [-0.1, -0.05) is 29.3 Å². The standard InChI is InChI=1S/C20H18Cl2N10O2/c1-9(23)19(34)30-20-29-18(31-32-20)13-6-5-10(7-26-13)28-14(15(24)17(25)33)8-27-16-11(21)3-2-4-12(16)22/h2-8,23,28H,24H2,1H3,(H2,25,33)(H2,29,30,31,32,34)/b15-14+,23-9?,27-8?. The smallest absolute Gasteiger partial charge is 0.271 e. The number of aromatic amines is 1. The number of carbonyl (C=O) groups is 2. The molecule has 3 rings (SSSR count). The topological polar surface area (TPSA) is 201 Å². The van der Waals surface area contributed by atoms with Crippen LogP contribution in [0.4, 0.5) is 17.3 Å². The number of carbonyl (C=O) groups excluding carboxylic acids is 2. The van der Waals surface area contributed by atoms with Crippen molar-refractivity contribution in [1.82, 2.24) is 20.2 Å². The molecule has 1 aromatic carbocycles. The number of halogens is 2. The molecule has 2 aromatic heterocycles. The highest BCUT2D eigenvalue weighted by Crippen LogP contribution is 2.32. The first kappa shape index (κ1) is 24.4. The first-order valence-electron chi connectivity index (χ1n) is 9.45. The van der Waals surface area contributed by atoms with Crippen molar-refractivity contribution in [1.29, 1.82) is 5.41 Å². The van der Waals surface area contributed by atoms with Crippen molar-refractivity contribution in [3.05, 3.63) is 58.0 Å². The van der Waals surface area contributed by atoms with E-state index in [-0.39, 0.29) is 28.9 Å². The highest BCUT2D eigenvalue weighted by Gasteiger charge is 2.12. The van der Waals surface area contributed by atoms with E-state index in [0.29, 0.717) is 27.1 Å². The number of primary amides is 1. The first-order chi connectivity index (χ1) is 16.2. The van der Waals surface area contributed by atoms with Crippen molar-refractivity contribution in [2.24, 2.45) is 16.5 Å². The summed E-state index contributed by atoms with van der Waals surface area (Å²) in [7, 11) is 0. The number of H-pyrrole nitrogens is 1. The number of hydrogen-bond donors (Lipinski definition) is 6. The Morgan fingerprint density at radius 2 is 1.85 bits per heavy atom. The number of rotatable bonds is 8. The van der Waals surface area contributed by atoms with Gasteiger partial charge in [0.25, 0.3) is 11.8 Å². The molecule has 0 saturated heterocycles. The molecule has 2 amide bonds. The summed E-state index contributed by atoms with van der Waals surface area (Å²) in [4.78, 5) is 35.8. The van der Waals surface area contributed by atoms with E-state index in [9.17, 15) is 9.59 Å². The van der Waals surface area contributed by atoms with E-state index in [1.54, 1.807) is 30.3 Å². The fourth-order valence-electron chi connectivity index (χ4n) is 2.43. The minimum Gasteiger partial charge on any atom is -0.393 e. The largest absolute Gasteiger partial charge is 0.393 e. The molecule has 0 atom stereocenters. The van der Waals surface area contributed by atoms with Crippen LogP contribution >= 0.6 is 23.2 Å². The molecule has 12 nitrogen and oxygen atoms in total. The number of nitrogens with zero attached hydrogens (tertiary/aromatic N) is 4. The second-order valence-electron chi connectivity index (χ2n) is 6.66. The van der Waals surface area contributed by atoms with Crippen LogP contribution in [-0.4, -0.2) is 43.9 Å². The van der Waals surface area contributed by atoms with E-state index in [0.717, 1.165) is 0 Å². The van der Waals surface area contributed by atoms with Gasteiger partial charge in [-0.3, -0.25) is 35.4 Å². The number of amides is 2. The van der Waals surface area contributed by atoms with E-state index in [1.165, 1.54) is 19.3 Å². The van der Waals surface area contributed by atoms with Crippen molar-refractivity contribution in [3.8, 4) is 11.5 Å². The lowest BCUT2D eigenvalue weighted by Gasteiger charge is -2.10. The third kappa shape index (κ3) is 5.94. The van der Waals surface area contributed by atoms with Crippen molar-refractivity contribution in [2.45, 2.75) is 6.92 Å². The molecule has 34 heavy (non-hydrogen) atoms. The van der Waals surface area contributed by atoms with Gasteiger partial charge in [-0.25, -0.2) is 0 Å². The average Bonchev–Trinajstić information content (AvgIpc) is 3.26. The maximum absolute atomic E-state index is 11.6. The third-order valence-electron chi connectivity index (χ3n) is 4.15. The summed E-state index contributed by atoms with van der Waals surface area (Å²) in [5.74, 6) is -1.19. The SMILES string of the molecule is CC(=N)C(=O)Nc1n[nH]c(-c2ccc(N/C(C=Nc3c(Cl)cccc3Cl)=C(/N)C(N)=O)cn2)n1. The molecule has 0 spiro atoms. The van der Waals surface area contributed by atoms with Crippen LogP contribution in [0.5, 0.6) is 0 Å². The zero-order chi connectivity index (χ0) is 24.8. The van der Waals surface area contributed by atoms with Crippen molar-refractivity contribution in [3.63, 3.8) is 0 Å². The summed E-state index contributed by atoms with van der Waals surface area (Å²) in [6.07, 6.45) is 2.72.